The van der Waals surface area contributed by atoms with E-state index < -0.39 is 36.7 Å². The highest BCUT2D eigenvalue weighted by Gasteiger charge is 2.36. The van der Waals surface area contributed by atoms with Gasteiger partial charge in [-0.05, 0) is 18.6 Å². The molecule has 2 aromatic rings. The van der Waals surface area contributed by atoms with E-state index in [0.717, 1.165) is 12.1 Å². The highest BCUT2D eigenvalue weighted by molar-refractivity contribution is 5.62. The first-order chi connectivity index (χ1) is 12.9. The Morgan fingerprint density at radius 3 is 2.43 bits per heavy atom. The Morgan fingerprint density at radius 1 is 1.21 bits per heavy atom. The highest BCUT2D eigenvalue weighted by atomic mass is 19.4. The van der Waals surface area contributed by atoms with Gasteiger partial charge in [0.25, 0.3) is 0 Å². The number of rotatable bonds is 6. The molecule has 0 bridgehead atoms. The molecule has 0 fully saturated rings. The molecule has 0 N–H and O–H groups in total. The smallest absolute Gasteiger partial charge is 0.355 e. The standard InChI is InChI=1S/C17H16F6N4O/c1-4-10(2)15-25-14(26-28-15)8-27(9-16(18,19)20)11-5-6-13(24-3)12(7-11)17(21,22)23/h5-7,10H,4,8-9H2,1-2H3. The molecule has 0 aliphatic heterocycles. The van der Waals surface area contributed by atoms with Crippen LogP contribution in [0, 0.1) is 6.57 Å². The van der Waals surface area contributed by atoms with Gasteiger partial charge in [0, 0.05) is 11.6 Å². The molecule has 1 unspecified atom stereocenters. The minimum atomic E-state index is -4.88. The van der Waals surface area contributed by atoms with E-state index >= 15 is 0 Å². The maximum atomic E-state index is 13.2. The summed E-state index contributed by atoms with van der Waals surface area (Å²) in [4.78, 5) is 7.46. The molecule has 1 heterocycles. The number of nitrogens with zero attached hydrogens (tertiary/aromatic N) is 4. The van der Waals surface area contributed by atoms with Crippen LogP contribution in [0.3, 0.4) is 0 Å². The topological polar surface area (TPSA) is 46.5 Å². The molecule has 1 atom stereocenters. The third-order valence-corrected chi connectivity index (χ3v) is 3.99. The SMILES string of the molecule is [C-]#[N+]c1ccc(N(Cc2noc(C(C)CC)n2)CC(F)(F)F)cc1C(F)(F)F. The van der Waals surface area contributed by atoms with Gasteiger partial charge in [-0.3, -0.25) is 0 Å². The van der Waals surface area contributed by atoms with Crippen LogP contribution in [0.25, 0.3) is 4.85 Å². The van der Waals surface area contributed by atoms with Crippen LogP contribution in [0.15, 0.2) is 22.7 Å². The number of anilines is 1. The van der Waals surface area contributed by atoms with E-state index in [9.17, 15) is 26.3 Å². The van der Waals surface area contributed by atoms with Gasteiger partial charge in [0.2, 0.25) is 5.89 Å². The van der Waals surface area contributed by atoms with Crippen molar-refractivity contribution in [2.24, 2.45) is 0 Å². The molecule has 0 radical (unpaired) electrons. The Balaban J connectivity index is 2.41. The van der Waals surface area contributed by atoms with Crippen LogP contribution in [0.5, 0.6) is 0 Å². The summed E-state index contributed by atoms with van der Waals surface area (Å²) in [5.41, 5.74) is -2.35. The normalized spacial score (nSPS) is 13.2. The van der Waals surface area contributed by atoms with E-state index in [-0.39, 0.29) is 23.3 Å². The molecule has 0 aliphatic carbocycles. The van der Waals surface area contributed by atoms with Crippen LogP contribution in [0.1, 0.15) is 43.5 Å². The number of benzene rings is 1. The quantitative estimate of drug-likeness (QED) is 0.455. The van der Waals surface area contributed by atoms with E-state index in [0.29, 0.717) is 17.4 Å². The van der Waals surface area contributed by atoms with E-state index in [4.69, 9.17) is 11.1 Å². The Hall–Kier alpha value is -2.77. The lowest BCUT2D eigenvalue weighted by molar-refractivity contribution is -0.136. The fraction of sp³-hybridized carbons (Fsp3) is 0.471. The number of aromatic nitrogens is 2. The molecule has 28 heavy (non-hydrogen) atoms. The van der Waals surface area contributed by atoms with Crippen molar-refractivity contribution in [1.29, 1.82) is 0 Å². The first-order valence-electron chi connectivity index (χ1n) is 8.17. The summed E-state index contributed by atoms with van der Waals surface area (Å²) < 4.78 is 83.4. The largest absolute Gasteiger partial charge is 0.407 e. The molecule has 0 amide bonds. The maximum absolute atomic E-state index is 13.2. The summed E-state index contributed by atoms with van der Waals surface area (Å²) >= 11 is 0. The van der Waals surface area contributed by atoms with Gasteiger partial charge >= 0.3 is 12.4 Å². The molecule has 0 aliphatic rings. The number of hydrogen-bond acceptors (Lipinski definition) is 4. The molecule has 0 saturated heterocycles. The zero-order valence-electron chi connectivity index (χ0n) is 14.9. The lowest BCUT2D eigenvalue weighted by Gasteiger charge is -2.25. The third kappa shape index (κ3) is 5.37. The Morgan fingerprint density at radius 2 is 1.89 bits per heavy atom. The molecule has 11 heteroatoms. The Labute approximate surface area is 156 Å². The van der Waals surface area contributed by atoms with E-state index in [1.165, 1.54) is 0 Å². The molecule has 2 rings (SSSR count). The molecule has 1 aromatic carbocycles. The molecular weight excluding hydrogens is 390 g/mol. The van der Waals surface area contributed by atoms with Gasteiger partial charge in [-0.1, -0.05) is 25.1 Å². The molecular formula is C17H16F6N4O. The molecule has 1 aromatic heterocycles. The van der Waals surface area contributed by atoms with E-state index in [2.05, 4.69) is 15.0 Å². The van der Waals surface area contributed by atoms with Gasteiger partial charge < -0.3 is 9.42 Å². The van der Waals surface area contributed by atoms with Crippen molar-refractivity contribution in [1.82, 2.24) is 10.1 Å². The van der Waals surface area contributed by atoms with Crippen molar-refractivity contribution in [3.05, 3.63) is 46.9 Å². The van der Waals surface area contributed by atoms with Crippen LogP contribution in [-0.4, -0.2) is 22.9 Å². The Bertz CT molecular complexity index is 853. The van der Waals surface area contributed by atoms with Crippen molar-refractivity contribution < 1.29 is 30.9 Å². The summed E-state index contributed by atoms with van der Waals surface area (Å²) in [6.45, 7) is 8.46. The predicted molar refractivity (Wildman–Crippen MR) is 87.8 cm³/mol. The Kier molecular flexibility index (Phi) is 6.21. The summed E-state index contributed by atoms with van der Waals surface area (Å²) in [6.07, 6.45) is -8.89. The van der Waals surface area contributed by atoms with Crippen LogP contribution >= 0.6 is 0 Å². The molecule has 152 valence electrons. The second-order valence-corrected chi connectivity index (χ2v) is 6.14. The maximum Gasteiger partial charge on any atom is 0.407 e. The zero-order valence-corrected chi connectivity index (χ0v) is 14.9. The van der Waals surface area contributed by atoms with Crippen LogP contribution in [-0.2, 0) is 12.7 Å². The van der Waals surface area contributed by atoms with E-state index in [1.54, 1.807) is 6.92 Å². The van der Waals surface area contributed by atoms with Gasteiger partial charge in [-0.2, -0.15) is 31.3 Å². The van der Waals surface area contributed by atoms with E-state index in [1.807, 2.05) is 6.92 Å². The van der Waals surface area contributed by atoms with Gasteiger partial charge in [0.05, 0.1) is 18.7 Å². The second kappa shape index (κ2) is 8.08. The average Bonchev–Trinajstić information content (AvgIpc) is 3.06. The summed E-state index contributed by atoms with van der Waals surface area (Å²) in [5, 5.41) is 3.62. The minimum Gasteiger partial charge on any atom is -0.355 e. The van der Waals surface area contributed by atoms with Crippen molar-refractivity contribution in [3.63, 3.8) is 0 Å². The molecule has 5 nitrogen and oxygen atoms in total. The van der Waals surface area contributed by atoms with Crippen LogP contribution in [0.4, 0.5) is 37.7 Å². The number of alkyl halides is 6. The van der Waals surface area contributed by atoms with Crippen molar-refractivity contribution >= 4 is 11.4 Å². The summed E-state index contributed by atoms with van der Waals surface area (Å²) in [6, 6.07) is 2.40. The second-order valence-electron chi connectivity index (χ2n) is 6.14. The lowest BCUT2D eigenvalue weighted by Crippen LogP contribution is -2.34. The van der Waals surface area contributed by atoms with Crippen molar-refractivity contribution in [2.45, 2.75) is 45.1 Å². The fourth-order valence-electron chi connectivity index (χ4n) is 2.38. The van der Waals surface area contributed by atoms with Gasteiger partial charge in [-0.25, -0.2) is 4.85 Å². The predicted octanol–water partition coefficient (Wildman–Crippen LogP) is 5.72. The number of hydrogen-bond donors (Lipinski definition) is 0. The molecule has 0 saturated carbocycles. The zero-order chi connectivity index (χ0) is 21.1. The fourth-order valence-corrected chi connectivity index (χ4v) is 2.38. The lowest BCUT2D eigenvalue weighted by atomic mass is 10.1. The van der Waals surface area contributed by atoms with Crippen LogP contribution in [0.2, 0.25) is 0 Å². The molecule has 0 spiro atoms. The highest BCUT2D eigenvalue weighted by Crippen LogP contribution is 2.39. The van der Waals surface area contributed by atoms with Gasteiger partial charge in [0.15, 0.2) is 11.5 Å². The third-order valence-electron chi connectivity index (χ3n) is 3.99. The van der Waals surface area contributed by atoms with Crippen molar-refractivity contribution in [3.8, 4) is 0 Å². The monoisotopic (exact) mass is 406 g/mol. The first kappa shape index (κ1) is 21.5. The van der Waals surface area contributed by atoms with Gasteiger partial charge in [0.1, 0.15) is 6.54 Å². The summed E-state index contributed by atoms with van der Waals surface area (Å²) in [5.74, 6) is 0.0539. The summed E-state index contributed by atoms with van der Waals surface area (Å²) in [7, 11) is 0. The number of halogens is 6. The first-order valence-corrected chi connectivity index (χ1v) is 8.17. The van der Waals surface area contributed by atoms with Gasteiger partial charge in [-0.15, -0.1) is 0 Å². The average molecular weight is 406 g/mol. The minimum absolute atomic E-state index is 0.0811. The van der Waals surface area contributed by atoms with Crippen LogP contribution < -0.4 is 4.90 Å². The van der Waals surface area contributed by atoms with Crippen molar-refractivity contribution in [2.75, 3.05) is 11.4 Å².